The summed E-state index contributed by atoms with van der Waals surface area (Å²) in [6.07, 6.45) is 2.18. The zero-order valence-corrected chi connectivity index (χ0v) is 14.3. The highest BCUT2D eigenvalue weighted by Gasteiger charge is 2.21. The van der Waals surface area contributed by atoms with Crippen molar-refractivity contribution in [2.24, 2.45) is 0 Å². The van der Waals surface area contributed by atoms with Gasteiger partial charge in [-0.25, -0.2) is 4.98 Å². The molecule has 1 aliphatic rings. The molecule has 4 rings (SSSR count). The zero-order valence-electron chi connectivity index (χ0n) is 14.3. The minimum Gasteiger partial charge on any atom is -0.464 e. The summed E-state index contributed by atoms with van der Waals surface area (Å²) in [7, 11) is 0. The largest absolute Gasteiger partial charge is 0.464 e. The molecule has 1 aliphatic heterocycles. The molecule has 3 aromatic rings. The number of rotatable bonds is 2. The van der Waals surface area contributed by atoms with Crippen molar-refractivity contribution in [2.75, 3.05) is 6.54 Å². The van der Waals surface area contributed by atoms with Crippen LogP contribution >= 0.6 is 0 Å². The molecule has 0 spiro atoms. The van der Waals surface area contributed by atoms with E-state index in [1.54, 1.807) is 13.2 Å². The standard InChI is InChI=1S/C19H19N3O3/c1-11-3-4-17-15(7-11)18(23)13(10-25-17)8-22-6-5-14-16(9-22)20-12(2)21-19(14)24/h3-4,7,10H,5-6,8-9H2,1-2H3,(H,20,21,24). The molecule has 6 heteroatoms. The molecule has 1 aromatic carbocycles. The minimum absolute atomic E-state index is 0.00537. The van der Waals surface area contributed by atoms with Crippen LogP contribution in [0.25, 0.3) is 11.0 Å². The van der Waals surface area contributed by atoms with Crippen LogP contribution < -0.4 is 11.0 Å². The van der Waals surface area contributed by atoms with Gasteiger partial charge in [0.2, 0.25) is 0 Å². The van der Waals surface area contributed by atoms with Gasteiger partial charge in [0, 0.05) is 30.8 Å². The van der Waals surface area contributed by atoms with Crippen LogP contribution in [0, 0.1) is 13.8 Å². The third kappa shape index (κ3) is 2.89. The molecule has 25 heavy (non-hydrogen) atoms. The molecule has 3 heterocycles. The Balaban J connectivity index is 1.65. The van der Waals surface area contributed by atoms with Crippen molar-refractivity contribution in [3.63, 3.8) is 0 Å². The third-order valence-electron chi connectivity index (χ3n) is 4.66. The van der Waals surface area contributed by atoms with Crippen LogP contribution in [0.1, 0.15) is 28.2 Å². The van der Waals surface area contributed by atoms with Crippen molar-refractivity contribution >= 4 is 11.0 Å². The smallest absolute Gasteiger partial charge is 0.254 e. The number of nitrogens with zero attached hydrogens (tertiary/aromatic N) is 2. The Morgan fingerprint density at radius 2 is 2.12 bits per heavy atom. The van der Waals surface area contributed by atoms with E-state index < -0.39 is 0 Å². The molecule has 0 saturated carbocycles. The summed E-state index contributed by atoms with van der Waals surface area (Å²) < 4.78 is 5.63. The maximum absolute atomic E-state index is 12.8. The number of hydrogen-bond donors (Lipinski definition) is 1. The molecule has 0 amide bonds. The number of aromatic nitrogens is 2. The fourth-order valence-electron chi connectivity index (χ4n) is 3.39. The SMILES string of the molecule is Cc1ccc2occ(CN3CCc4c(nc(C)[nH]c4=O)C3)c(=O)c2c1. The molecule has 0 aliphatic carbocycles. The first-order valence-corrected chi connectivity index (χ1v) is 8.33. The van der Waals surface area contributed by atoms with Crippen LogP contribution in [0.5, 0.6) is 0 Å². The Labute approximate surface area is 144 Å². The first-order chi connectivity index (χ1) is 12.0. The van der Waals surface area contributed by atoms with E-state index >= 15 is 0 Å². The van der Waals surface area contributed by atoms with E-state index in [9.17, 15) is 9.59 Å². The molecular weight excluding hydrogens is 318 g/mol. The normalized spacial score (nSPS) is 14.6. The van der Waals surface area contributed by atoms with Gasteiger partial charge in [-0.2, -0.15) is 0 Å². The number of benzene rings is 1. The van der Waals surface area contributed by atoms with Crippen LogP contribution in [0.3, 0.4) is 0 Å². The Bertz CT molecular complexity index is 1080. The van der Waals surface area contributed by atoms with E-state index in [2.05, 4.69) is 14.9 Å². The van der Waals surface area contributed by atoms with Gasteiger partial charge >= 0.3 is 0 Å². The molecule has 2 aromatic heterocycles. The predicted molar refractivity (Wildman–Crippen MR) is 94.6 cm³/mol. The third-order valence-corrected chi connectivity index (χ3v) is 4.66. The number of hydrogen-bond acceptors (Lipinski definition) is 5. The van der Waals surface area contributed by atoms with Crippen LogP contribution in [0.4, 0.5) is 0 Å². The second-order valence-electron chi connectivity index (χ2n) is 6.63. The van der Waals surface area contributed by atoms with Gasteiger partial charge in [0.25, 0.3) is 5.56 Å². The van der Waals surface area contributed by atoms with Gasteiger partial charge in [-0.3, -0.25) is 14.5 Å². The lowest BCUT2D eigenvalue weighted by molar-refractivity contribution is 0.238. The van der Waals surface area contributed by atoms with Crippen LogP contribution in [0.2, 0.25) is 0 Å². The monoisotopic (exact) mass is 337 g/mol. The summed E-state index contributed by atoms with van der Waals surface area (Å²) >= 11 is 0. The summed E-state index contributed by atoms with van der Waals surface area (Å²) in [4.78, 5) is 34.1. The van der Waals surface area contributed by atoms with Crippen LogP contribution in [-0.2, 0) is 19.5 Å². The Morgan fingerprint density at radius 3 is 2.96 bits per heavy atom. The average Bonchev–Trinajstić information content (AvgIpc) is 2.57. The molecule has 1 N–H and O–H groups in total. The maximum atomic E-state index is 12.8. The molecule has 6 nitrogen and oxygen atoms in total. The molecule has 128 valence electrons. The number of nitrogens with one attached hydrogen (secondary N) is 1. The van der Waals surface area contributed by atoms with E-state index in [1.807, 2.05) is 25.1 Å². The average molecular weight is 337 g/mol. The highest BCUT2D eigenvalue weighted by Crippen LogP contribution is 2.18. The molecule has 0 radical (unpaired) electrons. The topological polar surface area (TPSA) is 79.2 Å². The van der Waals surface area contributed by atoms with Gasteiger partial charge in [-0.1, -0.05) is 11.6 Å². The fourth-order valence-corrected chi connectivity index (χ4v) is 3.39. The van der Waals surface area contributed by atoms with Gasteiger partial charge in [0.1, 0.15) is 11.4 Å². The summed E-state index contributed by atoms with van der Waals surface area (Å²) in [6, 6.07) is 5.62. The van der Waals surface area contributed by atoms with Crippen molar-refractivity contribution in [3.8, 4) is 0 Å². The number of H-pyrrole nitrogens is 1. The van der Waals surface area contributed by atoms with Gasteiger partial charge in [-0.15, -0.1) is 0 Å². The minimum atomic E-state index is -0.0529. The fraction of sp³-hybridized carbons (Fsp3) is 0.316. The molecule has 0 fully saturated rings. The molecular formula is C19H19N3O3. The summed E-state index contributed by atoms with van der Waals surface area (Å²) in [5.41, 5.74) is 3.77. The van der Waals surface area contributed by atoms with Crippen molar-refractivity contribution in [1.82, 2.24) is 14.9 Å². The van der Waals surface area contributed by atoms with Gasteiger partial charge in [-0.05, 0) is 32.4 Å². The highest BCUT2D eigenvalue weighted by molar-refractivity contribution is 5.77. The van der Waals surface area contributed by atoms with Crippen molar-refractivity contribution in [1.29, 1.82) is 0 Å². The summed E-state index contributed by atoms with van der Waals surface area (Å²) in [5, 5.41) is 0.611. The lowest BCUT2D eigenvalue weighted by Gasteiger charge is -2.27. The molecule has 0 atom stereocenters. The number of aryl methyl sites for hydroxylation is 2. The summed E-state index contributed by atoms with van der Waals surface area (Å²) in [5.74, 6) is 0.617. The highest BCUT2D eigenvalue weighted by atomic mass is 16.3. The first kappa shape index (κ1) is 15.8. The van der Waals surface area contributed by atoms with E-state index in [0.29, 0.717) is 48.4 Å². The lowest BCUT2D eigenvalue weighted by Crippen LogP contribution is -2.36. The van der Waals surface area contributed by atoms with Gasteiger partial charge in [0.05, 0.1) is 17.3 Å². The Hall–Kier alpha value is -2.73. The quantitative estimate of drug-likeness (QED) is 0.774. The first-order valence-electron chi connectivity index (χ1n) is 8.33. The number of aromatic amines is 1. The second kappa shape index (κ2) is 5.97. The van der Waals surface area contributed by atoms with Crippen LogP contribution in [-0.4, -0.2) is 21.4 Å². The van der Waals surface area contributed by atoms with Gasteiger partial charge in [0.15, 0.2) is 5.43 Å². The van der Waals surface area contributed by atoms with Crippen molar-refractivity contribution < 1.29 is 4.42 Å². The molecule has 0 unspecified atom stereocenters. The predicted octanol–water partition coefficient (Wildman–Crippen LogP) is 2.05. The Morgan fingerprint density at radius 1 is 1.28 bits per heavy atom. The second-order valence-corrected chi connectivity index (χ2v) is 6.63. The van der Waals surface area contributed by atoms with E-state index in [1.165, 1.54) is 0 Å². The van der Waals surface area contributed by atoms with Gasteiger partial charge < -0.3 is 9.40 Å². The Kier molecular flexibility index (Phi) is 3.77. The van der Waals surface area contributed by atoms with E-state index in [-0.39, 0.29) is 11.0 Å². The maximum Gasteiger partial charge on any atom is 0.254 e. The lowest BCUT2D eigenvalue weighted by atomic mass is 10.1. The van der Waals surface area contributed by atoms with E-state index in [0.717, 1.165) is 16.8 Å². The van der Waals surface area contributed by atoms with Crippen LogP contribution in [0.15, 0.2) is 38.5 Å². The number of fused-ring (bicyclic) bond motifs is 2. The zero-order chi connectivity index (χ0) is 17.6. The summed E-state index contributed by atoms with van der Waals surface area (Å²) in [6.45, 7) is 5.50. The van der Waals surface area contributed by atoms with Crippen molar-refractivity contribution in [3.05, 3.63) is 73.2 Å². The van der Waals surface area contributed by atoms with Crippen molar-refractivity contribution in [2.45, 2.75) is 33.4 Å². The van der Waals surface area contributed by atoms with E-state index in [4.69, 9.17) is 4.42 Å². The molecule has 0 saturated heterocycles. The molecule has 0 bridgehead atoms.